The second-order valence-electron chi connectivity index (χ2n) is 5.38. The Kier molecular flexibility index (Phi) is 4.83. The molecule has 0 atom stereocenters. The van der Waals surface area contributed by atoms with Gasteiger partial charge in [-0.1, -0.05) is 6.07 Å². The first-order valence-corrected chi connectivity index (χ1v) is 8.97. The molecule has 27 heavy (non-hydrogen) atoms. The van der Waals surface area contributed by atoms with Gasteiger partial charge in [0.05, 0.1) is 35.0 Å². The molecule has 0 saturated carbocycles. The number of anilines is 1. The zero-order valence-corrected chi connectivity index (χ0v) is 14.6. The van der Waals surface area contributed by atoms with Gasteiger partial charge in [0, 0.05) is 6.07 Å². The van der Waals surface area contributed by atoms with Crippen molar-refractivity contribution in [2.75, 3.05) is 11.8 Å². The number of hydrogen-bond acceptors (Lipinski definition) is 5. The van der Waals surface area contributed by atoms with Crippen LogP contribution >= 0.6 is 0 Å². The number of sulfonamides is 1. The minimum atomic E-state index is -4.66. The molecule has 0 saturated heterocycles. The molecular weight excluding hydrogens is 385 g/mol. The molecule has 0 fully saturated rings. The number of ether oxygens (including phenoxy) is 1. The van der Waals surface area contributed by atoms with Gasteiger partial charge in [-0.3, -0.25) is 4.72 Å². The molecule has 142 valence electrons. The highest BCUT2D eigenvalue weighted by Crippen LogP contribution is 2.34. The van der Waals surface area contributed by atoms with Crippen molar-refractivity contribution in [1.29, 1.82) is 0 Å². The lowest BCUT2D eigenvalue weighted by Crippen LogP contribution is -2.15. The number of benzene rings is 2. The Hall–Kier alpha value is -3.01. The van der Waals surface area contributed by atoms with Crippen molar-refractivity contribution < 1.29 is 30.7 Å². The lowest BCUT2D eigenvalue weighted by molar-refractivity contribution is -0.137. The fourth-order valence-electron chi connectivity index (χ4n) is 2.32. The number of methoxy groups -OCH3 is 1. The number of nitrogens with zero attached hydrogens (tertiary/aromatic N) is 1. The van der Waals surface area contributed by atoms with E-state index in [1.54, 1.807) is 6.07 Å². The molecular formula is C17H13F3N2O4S. The fraction of sp³-hybridized carbons (Fsp3) is 0.118. The summed E-state index contributed by atoms with van der Waals surface area (Å²) in [6.45, 7) is 0. The topological polar surface area (TPSA) is 81.4 Å². The molecule has 6 nitrogen and oxygen atoms in total. The molecule has 0 spiro atoms. The first-order valence-electron chi connectivity index (χ1n) is 7.49. The lowest BCUT2D eigenvalue weighted by Gasteiger charge is -2.14. The van der Waals surface area contributed by atoms with E-state index in [0.29, 0.717) is 17.4 Å². The van der Waals surface area contributed by atoms with E-state index in [1.807, 2.05) is 0 Å². The first kappa shape index (κ1) is 18.8. The van der Waals surface area contributed by atoms with Gasteiger partial charge in [0.2, 0.25) is 5.89 Å². The van der Waals surface area contributed by atoms with E-state index in [0.717, 1.165) is 18.2 Å². The van der Waals surface area contributed by atoms with Crippen molar-refractivity contribution in [3.8, 4) is 17.2 Å². The van der Waals surface area contributed by atoms with Gasteiger partial charge >= 0.3 is 6.18 Å². The van der Waals surface area contributed by atoms with Gasteiger partial charge in [0.1, 0.15) is 12.0 Å². The van der Waals surface area contributed by atoms with E-state index in [9.17, 15) is 21.6 Å². The van der Waals surface area contributed by atoms with Crippen LogP contribution in [0, 0.1) is 0 Å². The maximum atomic E-state index is 12.9. The van der Waals surface area contributed by atoms with Gasteiger partial charge in [-0.25, -0.2) is 13.4 Å². The summed E-state index contributed by atoms with van der Waals surface area (Å²) < 4.78 is 76.4. The first-order chi connectivity index (χ1) is 12.7. The zero-order valence-electron chi connectivity index (χ0n) is 13.8. The second kappa shape index (κ2) is 6.95. The van der Waals surface area contributed by atoms with Crippen LogP contribution in [-0.2, 0) is 16.2 Å². The maximum Gasteiger partial charge on any atom is 0.416 e. The van der Waals surface area contributed by atoms with Crippen molar-refractivity contribution >= 4 is 15.7 Å². The molecule has 0 bridgehead atoms. The third-order valence-corrected chi connectivity index (χ3v) is 4.97. The van der Waals surface area contributed by atoms with Crippen LogP contribution < -0.4 is 9.46 Å². The molecule has 0 aliphatic heterocycles. The van der Waals surface area contributed by atoms with E-state index in [-0.39, 0.29) is 11.6 Å². The molecule has 0 aliphatic rings. The summed E-state index contributed by atoms with van der Waals surface area (Å²) in [5, 5.41) is 0. The van der Waals surface area contributed by atoms with Crippen molar-refractivity contribution in [1.82, 2.24) is 4.98 Å². The van der Waals surface area contributed by atoms with Crippen molar-refractivity contribution in [2.45, 2.75) is 11.1 Å². The van der Waals surface area contributed by atoms with Crippen molar-refractivity contribution in [3.05, 3.63) is 60.5 Å². The highest BCUT2D eigenvalue weighted by atomic mass is 32.2. The number of hydrogen-bond donors (Lipinski definition) is 1. The summed E-state index contributed by atoms with van der Waals surface area (Å²) >= 11 is 0. The summed E-state index contributed by atoms with van der Waals surface area (Å²) in [5.74, 6) is 0.478. The van der Waals surface area contributed by atoms with E-state index in [4.69, 9.17) is 9.15 Å². The largest absolute Gasteiger partial charge is 0.497 e. The molecule has 0 amide bonds. The van der Waals surface area contributed by atoms with E-state index in [1.165, 1.54) is 31.7 Å². The molecule has 0 radical (unpaired) electrons. The second-order valence-corrected chi connectivity index (χ2v) is 7.06. The van der Waals surface area contributed by atoms with Crippen LogP contribution in [0.5, 0.6) is 5.75 Å². The molecule has 3 rings (SSSR count). The average molecular weight is 398 g/mol. The van der Waals surface area contributed by atoms with Gasteiger partial charge in [0.15, 0.2) is 0 Å². The Morgan fingerprint density at radius 2 is 1.93 bits per heavy atom. The number of oxazole rings is 1. The molecule has 1 N–H and O–H groups in total. The minimum absolute atomic E-state index is 0.0502. The monoisotopic (exact) mass is 398 g/mol. The Morgan fingerprint density at radius 1 is 1.15 bits per heavy atom. The van der Waals surface area contributed by atoms with E-state index < -0.39 is 26.7 Å². The van der Waals surface area contributed by atoms with Crippen LogP contribution in [0.25, 0.3) is 11.5 Å². The van der Waals surface area contributed by atoms with E-state index in [2.05, 4.69) is 9.71 Å². The third-order valence-electron chi connectivity index (χ3n) is 3.61. The SMILES string of the molecule is COc1ccc(-c2ncco2)c(NS(=O)(=O)c2cccc(C(F)(F)F)c2)c1. The Balaban J connectivity index is 2.04. The predicted octanol–water partition coefficient (Wildman–Crippen LogP) is 4.17. The standard InChI is InChI=1S/C17H13F3N2O4S/c1-25-12-5-6-14(16-21-7-8-26-16)15(10-12)22-27(23,24)13-4-2-3-11(9-13)17(18,19)20/h2-10,22H,1H3. The van der Waals surface area contributed by atoms with Crippen molar-refractivity contribution in [3.63, 3.8) is 0 Å². The van der Waals surface area contributed by atoms with Crippen LogP contribution in [0.1, 0.15) is 5.56 Å². The van der Waals surface area contributed by atoms with Crippen LogP contribution in [0.15, 0.2) is 64.2 Å². The van der Waals surface area contributed by atoms with Gasteiger partial charge in [0.25, 0.3) is 10.0 Å². The normalized spacial score (nSPS) is 12.0. The number of rotatable bonds is 5. The lowest BCUT2D eigenvalue weighted by atomic mass is 10.1. The summed E-state index contributed by atoms with van der Waals surface area (Å²) in [5.41, 5.74) is -0.713. The molecule has 2 aromatic carbocycles. The van der Waals surface area contributed by atoms with Gasteiger partial charge in [-0.2, -0.15) is 13.2 Å². The van der Waals surface area contributed by atoms with Crippen molar-refractivity contribution in [2.24, 2.45) is 0 Å². The number of alkyl halides is 3. The van der Waals surface area contributed by atoms with Crippen LogP contribution in [0.4, 0.5) is 18.9 Å². The highest BCUT2D eigenvalue weighted by molar-refractivity contribution is 7.92. The quantitative estimate of drug-likeness (QED) is 0.698. The van der Waals surface area contributed by atoms with Gasteiger partial charge in [-0.15, -0.1) is 0 Å². The smallest absolute Gasteiger partial charge is 0.416 e. The van der Waals surface area contributed by atoms with Gasteiger partial charge < -0.3 is 9.15 Å². The third kappa shape index (κ3) is 4.05. The van der Waals surface area contributed by atoms with Crippen LogP contribution in [-0.4, -0.2) is 20.5 Å². The predicted molar refractivity (Wildman–Crippen MR) is 90.7 cm³/mol. The Labute approximate surface area is 152 Å². The molecule has 1 aromatic heterocycles. The average Bonchev–Trinajstić information content (AvgIpc) is 3.15. The van der Waals surface area contributed by atoms with Crippen LogP contribution in [0.3, 0.4) is 0 Å². The number of nitrogens with one attached hydrogen (secondary N) is 1. The zero-order chi connectivity index (χ0) is 19.7. The molecule has 0 unspecified atom stereocenters. The maximum absolute atomic E-state index is 12.9. The Bertz CT molecular complexity index is 1050. The number of halogens is 3. The molecule has 0 aliphatic carbocycles. The summed E-state index contributed by atoms with van der Waals surface area (Å²) in [7, 11) is -2.92. The van der Waals surface area contributed by atoms with Gasteiger partial charge in [-0.05, 0) is 30.3 Å². The summed E-state index contributed by atoms with van der Waals surface area (Å²) in [6, 6.07) is 7.93. The van der Waals surface area contributed by atoms with E-state index >= 15 is 0 Å². The Morgan fingerprint density at radius 3 is 2.56 bits per heavy atom. The molecule has 10 heteroatoms. The number of aromatic nitrogens is 1. The minimum Gasteiger partial charge on any atom is -0.497 e. The summed E-state index contributed by atoms with van der Waals surface area (Å²) in [6.07, 6.45) is -1.97. The highest BCUT2D eigenvalue weighted by Gasteiger charge is 2.31. The molecule has 3 aromatic rings. The molecule has 1 heterocycles. The van der Waals surface area contributed by atoms with Crippen LogP contribution in [0.2, 0.25) is 0 Å². The summed E-state index contributed by atoms with van der Waals surface area (Å²) in [4.78, 5) is 3.43. The fourth-order valence-corrected chi connectivity index (χ4v) is 3.44.